The number of carbonyl (C=O) groups excluding carboxylic acids is 1. The van der Waals surface area contributed by atoms with Crippen molar-refractivity contribution in [2.75, 3.05) is 33.5 Å². The molecule has 0 atom stereocenters. The number of carbonyl (C=O) groups is 1. The van der Waals surface area contributed by atoms with E-state index < -0.39 is 0 Å². The van der Waals surface area contributed by atoms with E-state index in [1.165, 1.54) is 0 Å². The second kappa shape index (κ2) is 8.27. The fraction of sp³-hybridized carbons (Fsp3) is 0.389. The quantitative estimate of drug-likeness (QED) is 0.785. The first kappa shape index (κ1) is 17.6. The van der Waals surface area contributed by atoms with Crippen molar-refractivity contribution in [2.24, 2.45) is 0 Å². The number of halogens is 1. The van der Waals surface area contributed by atoms with Crippen LogP contribution in [0.2, 0.25) is 5.02 Å². The summed E-state index contributed by atoms with van der Waals surface area (Å²) in [6, 6.07) is 6.91. The molecule has 1 aromatic heterocycles. The van der Waals surface area contributed by atoms with Gasteiger partial charge in [0.05, 0.1) is 37.7 Å². The predicted octanol–water partition coefficient (Wildman–Crippen LogP) is 3.38. The number of amides is 1. The number of ether oxygens (including phenoxy) is 3. The molecule has 0 saturated heterocycles. The van der Waals surface area contributed by atoms with E-state index in [0.29, 0.717) is 60.8 Å². The van der Waals surface area contributed by atoms with Crippen LogP contribution in [-0.2, 0) is 11.3 Å². The average Bonchev–Trinajstić information content (AvgIpc) is 3.00. The molecule has 2 heterocycles. The molecule has 0 aliphatic carbocycles. The van der Waals surface area contributed by atoms with Crippen LogP contribution in [0.5, 0.6) is 11.5 Å². The van der Waals surface area contributed by atoms with Crippen LogP contribution in [0.15, 0.2) is 34.9 Å². The van der Waals surface area contributed by atoms with Crippen molar-refractivity contribution in [1.82, 2.24) is 4.90 Å². The Labute approximate surface area is 151 Å². The van der Waals surface area contributed by atoms with E-state index in [-0.39, 0.29) is 5.91 Å². The van der Waals surface area contributed by atoms with Crippen molar-refractivity contribution < 1.29 is 23.4 Å². The van der Waals surface area contributed by atoms with Gasteiger partial charge in [0.15, 0.2) is 11.5 Å². The van der Waals surface area contributed by atoms with Crippen molar-refractivity contribution >= 4 is 17.5 Å². The number of furan rings is 1. The van der Waals surface area contributed by atoms with E-state index in [0.717, 1.165) is 6.42 Å². The lowest BCUT2D eigenvalue weighted by Gasteiger charge is -2.22. The van der Waals surface area contributed by atoms with E-state index in [9.17, 15) is 4.79 Å². The predicted molar refractivity (Wildman–Crippen MR) is 92.4 cm³/mol. The molecule has 1 aliphatic heterocycles. The van der Waals surface area contributed by atoms with Gasteiger partial charge in [-0.15, -0.1) is 0 Å². The summed E-state index contributed by atoms with van der Waals surface area (Å²) in [5.74, 6) is 1.51. The van der Waals surface area contributed by atoms with Crippen LogP contribution in [0.4, 0.5) is 0 Å². The molecule has 1 aromatic carbocycles. The van der Waals surface area contributed by atoms with E-state index in [4.69, 9.17) is 30.2 Å². The smallest absolute Gasteiger partial charge is 0.254 e. The standard InChI is InChI=1S/C18H20ClNO5/c1-22-9-5-20(12-14-4-2-6-23-14)18(21)13-10-15(19)17-16(11-13)24-7-3-8-25-17/h2,4,6,10-11H,3,5,7-9,12H2,1H3. The monoisotopic (exact) mass is 365 g/mol. The fourth-order valence-electron chi connectivity index (χ4n) is 2.58. The normalized spacial score (nSPS) is 13.4. The summed E-state index contributed by atoms with van der Waals surface area (Å²) in [5.41, 5.74) is 0.442. The molecule has 2 aromatic rings. The van der Waals surface area contributed by atoms with Gasteiger partial charge in [0.1, 0.15) is 5.76 Å². The summed E-state index contributed by atoms with van der Waals surface area (Å²) in [7, 11) is 1.60. The molecule has 25 heavy (non-hydrogen) atoms. The third-order valence-corrected chi connectivity index (χ3v) is 4.11. The molecule has 7 heteroatoms. The maximum atomic E-state index is 13.0. The number of fused-ring (bicyclic) bond motifs is 1. The van der Waals surface area contributed by atoms with Crippen LogP contribution >= 0.6 is 11.6 Å². The Morgan fingerprint density at radius 1 is 1.32 bits per heavy atom. The number of nitrogens with zero attached hydrogens (tertiary/aromatic N) is 1. The van der Waals surface area contributed by atoms with Crippen LogP contribution < -0.4 is 9.47 Å². The summed E-state index contributed by atoms with van der Waals surface area (Å²) >= 11 is 6.30. The Morgan fingerprint density at radius 3 is 2.92 bits per heavy atom. The first-order valence-electron chi connectivity index (χ1n) is 8.09. The number of methoxy groups -OCH3 is 1. The molecule has 0 radical (unpaired) electrons. The highest BCUT2D eigenvalue weighted by Crippen LogP contribution is 2.38. The Hall–Kier alpha value is -2.18. The summed E-state index contributed by atoms with van der Waals surface area (Å²) in [6.45, 7) is 2.27. The molecule has 134 valence electrons. The lowest BCUT2D eigenvalue weighted by molar-refractivity contribution is 0.0666. The van der Waals surface area contributed by atoms with Gasteiger partial charge >= 0.3 is 0 Å². The van der Waals surface area contributed by atoms with E-state index in [1.54, 1.807) is 36.5 Å². The van der Waals surface area contributed by atoms with Gasteiger partial charge in [-0.25, -0.2) is 0 Å². The van der Waals surface area contributed by atoms with Gasteiger partial charge in [0.2, 0.25) is 0 Å². The number of rotatable bonds is 6. The molecule has 3 rings (SSSR count). The highest BCUT2D eigenvalue weighted by molar-refractivity contribution is 6.32. The Balaban J connectivity index is 1.85. The van der Waals surface area contributed by atoms with Gasteiger partial charge in [-0.1, -0.05) is 11.6 Å². The summed E-state index contributed by atoms with van der Waals surface area (Å²) in [6.07, 6.45) is 2.35. The molecule has 6 nitrogen and oxygen atoms in total. The lowest BCUT2D eigenvalue weighted by Crippen LogP contribution is -2.33. The summed E-state index contributed by atoms with van der Waals surface area (Å²) in [5, 5.41) is 0.368. The third kappa shape index (κ3) is 4.27. The van der Waals surface area contributed by atoms with Gasteiger partial charge in [0, 0.05) is 25.6 Å². The third-order valence-electron chi connectivity index (χ3n) is 3.83. The van der Waals surface area contributed by atoms with E-state index >= 15 is 0 Å². The van der Waals surface area contributed by atoms with Crippen molar-refractivity contribution in [1.29, 1.82) is 0 Å². The Kier molecular flexibility index (Phi) is 5.83. The molecule has 1 aliphatic rings. The van der Waals surface area contributed by atoms with Crippen molar-refractivity contribution in [3.8, 4) is 11.5 Å². The van der Waals surface area contributed by atoms with Crippen LogP contribution in [0, 0.1) is 0 Å². The molecule has 0 unspecified atom stereocenters. The first-order valence-corrected chi connectivity index (χ1v) is 8.46. The minimum atomic E-state index is -0.175. The SMILES string of the molecule is COCCN(Cc1ccco1)C(=O)c1cc(Cl)c2c(c1)OCCCO2. The maximum Gasteiger partial charge on any atom is 0.254 e. The molecule has 0 spiro atoms. The summed E-state index contributed by atoms with van der Waals surface area (Å²) in [4.78, 5) is 14.6. The van der Waals surface area contributed by atoms with Gasteiger partial charge in [-0.3, -0.25) is 4.79 Å². The topological polar surface area (TPSA) is 61.1 Å². The molecule has 0 saturated carbocycles. The largest absolute Gasteiger partial charge is 0.489 e. The van der Waals surface area contributed by atoms with Gasteiger partial charge in [-0.2, -0.15) is 0 Å². The van der Waals surface area contributed by atoms with Crippen molar-refractivity contribution in [3.05, 3.63) is 46.9 Å². The molecule has 1 amide bonds. The Bertz CT molecular complexity index is 717. The highest BCUT2D eigenvalue weighted by Gasteiger charge is 2.22. The van der Waals surface area contributed by atoms with Gasteiger partial charge < -0.3 is 23.5 Å². The van der Waals surface area contributed by atoms with Crippen LogP contribution in [0.25, 0.3) is 0 Å². The van der Waals surface area contributed by atoms with Crippen molar-refractivity contribution in [3.63, 3.8) is 0 Å². The lowest BCUT2D eigenvalue weighted by atomic mass is 10.1. The van der Waals surface area contributed by atoms with Crippen LogP contribution in [0.1, 0.15) is 22.5 Å². The van der Waals surface area contributed by atoms with E-state index in [1.807, 2.05) is 6.07 Å². The second-order valence-electron chi connectivity index (χ2n) is 5.63. The average molecular weight is 366 g/mol. The Morgan fingerprint density at radius 2 is 2.16 bits per heavy atom. The molecular weight excluding hydrogens is 346 g/mol. The minimum Gasteiger partial charge on any atom is -0.489 e. The fourth-order valence-corrected chi connectivity index (χ4v) is 2.85. The van der Waals surface area contributed by atoms with E-state index in [2.05, 4.69) is 0 Å². The zero-order valence-electron chi connectivity index (χ0n) is 14.0. The highest BCUT2D eigenvalue weighted by atomic mass is 35.5. The molecule has 0 N–H and O–H groups in total. The zero-order chi connectivity index (χ0) is 17.6. The zero-order valence-corrected chi connectivity index (χ0v) is 14.8. The van der Waals surface area contributed by atoms with Gasteiger partial charge in [0.25, 0.3) is 5.91 Å². The van der Waals surface area contributed by atoms with Crippen LogP contribution in [0.3, 0.4) is 0 Å². The number of benzene rings is 1. The number of hydrogen-bond donors (Lipinski definition) is 0. The van der Waals surface area contributed by atoms with Crippen molar-refractivity contribution in [2.45, 2.75) is 13.0 Å². The minimum absolute atomic E-state index is 0.175. The molecule has 0 bridgehead atoms. The van der Waals surface area contributed by atoms with Crippen LogP contribution in [-0.4, -0.2) is 44.3 Å². The van der Waals surface area contributed by atoms with Gasteiger partial charge in [-0.05, 0) is 24.3 Å². The first-order chi connectivity index (χ1) is 12.2. The molecule has 0 fully saturated rings. The molecular formula is C18H20ClNO5. The second-order valence-corrected chi connectivity index (χ2v) is 6.04. The number of hydrogen-bond acceptors (Lipinski definition) is 5. The maximum absolute atomic E-state index is 13.0. The summed E-state index contributed by atoms with van der Waals surface area (Å²) < 4.78 is 21.7.